The molecule has 0 aliphatic rings. The molecule has 0 unspecified atom stereocenters. The predicted octanol–water partition coefficient (Wildman–Crippen LogP) is 4.32. The maximum atomic E-state index is 12.4. The molecular formula is C18H24N2OS. The molecule has 2 rings (SSSR count). The van der Waals surface area contributed by atoms with Crippen molar-refractivity contribution in [1.82, 2.24) is 10.3 Å². The van der Waals surface area contributed by atoms with Crippen LogP contribution in [0.15, 0.2) is 29.6 Å². The number of hydrogen-bond donors (Lipinski definition) is 1. The number of hydrogen-bond acceptors (Lipinski definition) is 3. The highest BCUT2D eigenvalue weighted by molar-refractivity contribution is 7.09. The highest BCUT2D eigenvalue weighted by Crippen LogP contribution is 2.24. The van der Waals surface area contributed by atoms with E-state index in [4.69, 9.17) is 0 Å². The number of aromatic nitrogens is 1. The highest BCUT2D eigenvalue weighted by atomic mass is 32.1. The summed E-state index contributed by atoms with van der Waals surface area (Å²) in [4.78, 5) is 16.9. The number of carbonyl (C=O) groups is 1. The Morgan fingerprint density at radius 2 is 1.91 bits per heavy atom. The van der Waals surface area contributed by atoms with Crippen LogP contribution in [0.4, 0.5) is 0 Å². The van der Waals surface area contributed by atoms with Crippen LogP contribution in [0.25, 0.3) is 0 Å². The zero-order valence-electron chi connectivity index (χ0n) is 13.9. The first-order valence-corrected chi connectivity index (χ1v) is 8.50. The topological polar surface area (TPSA) is 42.0 Å². The molecular weight excluding hydrogens is 292 g/mol. The van der Waals surface area contributed by atoms with E-state index in [9.17, 15) is 4.79 Å². The van der Waals surface area contributed by atoms with Gasteiger partial charge in [-0.15, -0.1) is 11.3 Å². The zero-order valence-corrected chi connectivity index (χ0v) is 14.8. The van der Waals surface area contributed by atoms with Gasteiger partial charge in [-0.25, -0.2) is 4.98 Å². The third kappa shape index (κ3) is 4.17. The largest absolute Gasteiger partial charge is 0.341 e. The van der Waals surface area contributed by atoms with Crippen molar-refractivity contribution in [1.29, 1.82) is 0 Å². The second-order valence-corrected chi connectivity index (χ2v) is 7.53. The Balaban J connectivity index is 2.08. The lowest BCUT2D eigenvalue weighted by atomic mass is 10.0. The van der Waals surface area contributed by atoms with Gasteiger partial charge in [-0.05, 0) is 50.8 Å². The second kappa shape index (κ2) is 6.61. The van der Waals surface area contributed by atoms with Crippen molar-refractivity contribution in [3.05, 3.63) is 51.5 Å². The average Bonchev–Trinajstić information content (AvgIpc) is 2.86. The highest BCUT2D eigenvalue weighted by Gasteiger charge is 2.26. The summed E-state index contributed by atoms with van der Waals surface area (Å²) >= 11 is 1.58. The Morgan fingerprint density at radius 3 is 2.41 bits per heavy atom. The summed E-state index contributed by atoms with van der Waals surface area (Å²) in [6, 6.07) is 7.87. The normalized spacial score (nSPS) is 11.7. The number of benzene rings is 1. The van der Waals surface area contributed by atoms with E-state index in [-0.39, 0.29) is 5.91 Å². The Hall–Kier alpha value is -1.68. The van der Waals surface area contributed by atoms with Crippen LogP contribution in [-0.2, 0) is 12.0 Å². The average molecular weight is 316 g/mol. The van der Waals surface area contributed by atoms with Gasteiger partial charge in [-0.3, -0.25) is 4.79 Å². The molecule has 1 heterocycles. The van der Waals surface area contributed by atoms with Crippen LogP contribution in [0.3, 0.4) is 0 Å². The molecule has 0 aliphatic carbocycles. The van der Waals surface area contributed by atoms with Crippen molar-refractivity contribution in [2.45, 2.75) is 46.6 Å². The van der Waals surface area contributed by atoms with E-state index < -0.39 is 5.54 Å². The Bertz CT molecular complexity index is 641. The van der Waals surface area contributed by atoms with Gasteiger partial charge < -0.3 is 5.32 Å². The third-order valence-electron chi connectivity index (χ3n) is 3.44. The maximum absolute atomic E-state index is 12.4. The number of carbonyl (C=O) groups excluding carboxylic acids is 1. The molecule has 22 heavy (non-hydrogen) atoms. The van der Waals surface area contributed by atoms with Gasteiger partial charge in [0.25, 0.3) is 5.91 Å². The van der Waals surface area contributed by atoms with Gasteiger partial charge in [0.1, 0.15) is 5.01 Å². The molecule has 3 nitrogen and oxygen atoms in total. The molecule has 0 bridgehead atoms. The summed E-state index contributed by atoms with van der Waals surface area (Å²) in [5.41, 5.74) is 2.47. The molecule has 0 spiro atoms. The fraction of sp³-hybridized carbons (Fsp3) is 0.444. The molecule has 0 aliphatic heterocycles. The van der Waals surface area contributed by atoms with Gasteiger partial charge in [-0.1, -0.05) is 26.0 Å². The summed E-state index contributed by atoms with van der Waals surface area (Å²) in [6.45, 7) is 10.3. The summed E-state index contributed by atoms with van der Waals surface area (Å²) in [7, 11) is 0. The lowest BCUT2D eigenvalue weighted by Crippen LogP contribution is -2.40. The number of nitrogens with one attached hydrogen (secondary N) is 1. The van der Waals surface area contributed by atoms with Crippen LogP contribution >= 0.6 is 11.3 Å². The van der Waals surface area contributed by atoms with Crippen LogP contribution in [0.5, 0.6) is 0 Å². The second-order valence-electron chi connectivity index (χ2n) is 6.67. The minimum absolute atomic E-state index is 0.0612. The standard InChI is InChI=1S/C18H24N2OS/c1-12(2)10-14-6-8-15(9-7-14)16(21)20-18(4,5)17-19-13(3)11-22-17/h6-9,11-12H,10H2,1-5H3,(H,20,21). The van der Waals surface area contributed by atoms with E-state index in [1.54, 1.807) is 11.3 Å². The van der Waals surface area contributed by atoms with Gasteiger partial charge in [0, 0.05) is 16.6 Å². The van der Waals surface area contributed by atoms with Crippen molar-refractivity contribution < 1.29 is 4.79 Å². The fourth-order valence-corrected chi connectivity index (χ4v) is 3.19. The van der Waals surface area contributed by atoms with Gasteiger partial charge in [0.05, 0.1) is 5.54 Å². The van der Waals surface area contributed by atoms with Crippen molar-refractivity contribution >= 4 is 17.2 Å². The van der Waals surface area contributed by atoms with E-state index >= 15 is 0 Å². The molecule has 4 heteroatoms. The first-order chi connectivity index (χ1) is 10.3. The maximum Gasteiger partial charge on any atom is 0.252 e. The number of nitrogens with zero attached hydrogens (tertiary/aromatic N) is 1. The van der Waals surface area contributed by atoms with Crippen molar-refractivity contribution in [3.63, 3.8) is 0 Å². The molecule has 1 amide bonds. The van der Waals surface area contributed by atoms with Crippen LogP contribution in [0.2, 0.25) is 0 Å². The Labute approximate surface area is 136 Å². The summed E-state index contributed by atoms with van der Waals surface area (Å²) < 4.78 is 0. The van der Waals surface area contributed by atoms with Crippen LogP contribution in [0, 0.1) is 12.8 Å². The molecule has 118 valence electrons. The number of amides is 1. The number of thiazole rings is 1. The van der Waals surface area contributed by atoms with Crippen molar-refractivity contribution in [2.24, 2.45) is 5.92 Å². The molecule has 0 saturated carbocycles. The van der Waals surface area contributed by atoms with Crippen molar-refractivity contribution in [3.8, 4) is 0 Å². The molecule has 1 aromatic carbocycles. The number of aryl methyl sites for hydroxylation is 1. The minimum Gasteiger partial charge on any atom is -0.341 e. The van der Waals surface area contributed by atoms with Crippen molar-refractivity contribution in [2.75, 3.05) is 0 Å². The van der Waals surface area contributed by atoms with Gasteiger partial charge >= 0.3 is 0 Å². The lowest BCUT2D eigenvalue weighted by Gasteiger charge is -2.24. The van der Waals surface area contributed by atoms with Gasteiger partial charge in [0.15, 0.2) is 0 Å². The fourth-order valence-electron chi connectivity index (χ4n) is 2.31. The molecule has 1 aromatic heterocycles. The van der Waals surface area contributed by atoms with Crippen LogP contribution < -0.4 is 5.32 Å². The molecule has 0 atom stereocenters. The predicted molar refractivity (Wildman–Crippen MR) is 92.3 cm³/mol. The van der Waals surface area contributed by atoms with E-state index in [2.05, 4.69) is 24.1 Å². The Morgan fingerprint density at radius 1 is 1.27 bits per heavy atom. The number of rotatable bonds is 5. The van der Waals surface area contributed by atoms with E-state index in [0.29, 0.717) is 11.5 Å². The quantitative estimate of drug-likeness (QED) is 0.893. The SMILES string of the molecule is Cc1csc(C(C)(C)NC(=O)c2ccc(CC(C)C)cc2)n1. The zero-order chi connectivity index (χ0) is 16.3. The third-order valence-corrected chi connectivity index (χ3v) is 4.72. The summed E-state index contributed by atoms with van der Waals surface area (Å²) in [6.07, 6.45) is 1.03. The monoisotopic (exact) mass is 316 g/mol. The Kier molecular flexibility index (Phi) is 5.01. The minimum atomic E-state index is -0.466. The first-order valence-electron chi connectivity index (χ1n) is 7.62. The summed E-state index contributed by atoms with van der Waals surface area (Å²) in [5.74, 6) is 0.556. The van der Waals surface area contributed by atoms with Crippen LogP contribution in [0.1, 0.15) is 54.3 Å². The van der Waals surface area contributed by atoms with E-state index in [1.165, 1.54) is 5.56 Å². The van der Waals surface area contributed by atoms with Gasteiger partial charge in [-0.2, -0.15) is 0 Å². The molecule has 1 N–H and O–H groups in total. The molecule has 0 saturated heterocycles. The first kappa shape index (κ1) is 16.7. The smallest absolute Gasteiger partial charge is 0.252 e. The van der Waals surface area contributed by atoms with Crippen LogP contribution in [-0.4, -0.2) is 10.9 Å². The lowest BCUT2D eigenvalue weighted by molar-refractivity contribution is 0.0912. The molecule has 0 radical (unpaired) electrons. The molecule has 0 fully saturated rings. The van der Waals surface area contributed by atoms with E-state index in [0.717, 1.165) is 17.1 Å². The summed E-state index contributed by atoms with van der Waals surface area (Å²) in [5, 5.41) is 6.00. The molecule has 2 aromatic rings. The van der Waals surface area contributed by atoms with E-state index in [1.807, 2.05) is 50.4 Å². The van der Waals surface area contributed by atoms with Gasteiger partial charge in [0.2, 0.25) is 0 Å².